The van der Waals surface area contributed by atoms with Gasteiger partial charge in [-0.3, -0.25) is 0 Å². The summed E-state index contributed by atoms with van der Waals surface area (Å²) in [5.41, 5.74) is 0.609. The van der Waals surface area contributed by atoms with E-state index in [1.165, 1.54) is 50.7 Å². The molecule has 2 aliphatic rings. The Bertz CT molecular complexity index is 583. The van der Waals surface area contributed by atoms with Crippen LogP contribution >= 0.6 is 0 Å². The monoisotopic (exact) mass is 364 g/mol. The Labute approximate surface area is 155 Å². The molecule has 0 saturated heterocycles. The standard InChI is InChI=1S/C23H31F3/c1-2-3-16-4-6-17(7-5-16)8-9-18-10-12-19(13-11-18)20-14-21(24)23(26)22(25)15-20/h8-9,14-19H,2-7,10-13H2,1H3/b9-8+. The van der Waals surface area contributed by atoms with Crippen LogP contribution in [-0.4, -0.2) is 0 Å². The Morgan fingerprint density at radius 2 is 1.31 bits per heavy atom. The first-order chi connectivity index (χ1) is 12.6. The van der Waals surface area contributed by atoms with E-state index in [9.17, 15) is 13.2 Å². The first-order valence-electron chi connectivity index (χ1n) is 10.4. The Hall–Kier alpha value is -1.25. The second-order valence-electron chi connectivity index (χ2n) is 8.36. The third-order valence-electron chi connectivity index (χ3n) is 6.49. The van der Waals surface area contributed by atoms with E-state index < -0.39 is 17.5 Å². The molecule has 3 heteroatoms. The highest BCUT2D eigenvalue weighted by atomic mass is 19.2. The minimum absolute atomic E-state index is 0.147. The summed E-state index contributed by atoms with van der Waals surface area (Å²) in [6, 6.07) is 2.35. The van der Waals surface area contributed by atoms with Crippen LogP contribution in [-0.2, 0) is 0 Å². The van der Waals surface area contributed by atoms with Crippen molar-refractivity contribution in [2.24, 2.45) is 17.8 Å². The van der Waals surface area contributed by atoms with Crippen molar-refractivity contribution in [2.75, 3.05) is 0 Å². The lowest BCUT2D eigenvalue weighted by molar-refractivity contribution is 0.292. The molecule has 0 unspecified atom stereocenters. The minimum Gasteiger partial charge on any atom is -0.204 e. The van der Waals surface area contributed by atoms with Crippen LogP contribution in [0.5, 0.6) is 0 Å². The smallest absolute Gasteiger partial charge is 0.194 e. The third kappa shape index (κ3) is 4.92. The SMILES string of the molecule is CCCC1CCC(/C=C/C2CCC(c3cc(F)c(F)c(F)c3)CC2)CC1. The molecule has 3 rings (SSSR count). The van der Waals surface area contributed by atoms with Gasteiger partial charge in [-0.1, -0.05) is 31.9 Å². The van der Waals surface area contributed by atoms with Crippen LogP contribution in [0.25, 0.3) is 0 Å². The van der Waals surface area contributed by atoms with E-state index in [1.54, 1.807) is 0 Å². The van der Waals surface area contributed by atoms with Crippen molar-refractivity contribution < 1.29 is 13.2 Å². The Morgan fingerprint density at radius 3 is 1.81 bits per heavy atom. The number of hydrogen-bond donors (Lipinski definition) is 0. The van der Waals surface area contributed by atoms with Crippen molar-refractivity contribution in [3.8, 4) is 0 Å². The molecule has 1 aromatic carbocycles. The van der Waals surface area contributed by atoms with Crippen molar-refractivity contribution in [1.29, 1.82) is 0 Å². The van der Waals surface area contributed by atoms with E-state index in [1.807, 2.05) is 0 Å². The highest BCUT2D eigenvalue weighted by Gasteiger charge is 2.24. The Kier molecular flexibility index (Phi) is 6.83. The summed E-state index contributed by atoms with van der Waals surface area (Å²) < 4.78 is 40.0. The van der Waals surface area contributed by atoms with E-state index in [0.717, 1.165) is 37.5 Å². The number of allylic oxidation sites excluding steroid dienone is 2. The first kappa shape index (κ1) is 19.5. The van der Waals surface area contributed by atoms with Crippen LogP contribution in [0.15, 0.2) is 24.3 Å². The van der Waals surface area contributed by atoms with Gasteiger partial charge in [-0.2, -0.15) is 0 Å². The maximum Gasteiger partial charge on any atom is 0.194 e. The van der Waals surface area contributed by atoms with Gasteiger partial charge < -0.3 is 0 Å². The number of rotatable bonds is 5. The number of hydrogen-bond acceptors (Lipinski definition) is 0. The molecule has 1 aromatic rings. The largest absolute Gasteiger partial charge is 0.204 e. The molecule has 2 fully saturated rings. The lowest BCUT2D eigenvalue weighted by Crippen LogP contribution is -2.15. The summed E-state index contributed by atoms with van der Waals surface area (Å²) in [5, 5.41) is 0. The van der Waals surface area contributed by atoms with E-state index in [-0.39, 0.29) is 5.92 Å². The van der Waals surface area contributed by atoms with Gasteiger partial charge in [0.15, 0.2) is 17.5 Å². The Morgan fingerprint density at radius 1 is 0.808 bits per heavy atom. The molecule has 0 amide bonds. The molecule has 0 aromatic heterocycles. The number of halogens is 3. The van der Waals surface area contributed by atoms with E-state index in [4.69, 9.17) is 0 Å². The molecule has 2 aliphatic carbocycles. The van der Waals surface area contributed by atoms with Crippen molar-refractivity contribution in [2.45, 2.75) is 77.0 Å². The van der Waals surface area contributed by atoms with Gasteiger partial charge in [0, 0.05) is 0 Å². The van der Waals surface area contributed by atoms with Crippen LogP contribution in [0.4, 0.5) is 13.2 Å². The predicted molar refractivity (Wildman–Crippen MR) is 101 cm³/mol. The zero-order chi connectivity index (χ0) is 18.5. The van der Waals surface area contributed by atoms with Crippen molar-refractivity contribution >= 4 is 0 Å². The molecule has 0 radical (unpaired) electrons. The highest BCUT2D eigenvalue weighted by molar-refractivity contribution is 5.23. The van der Waals surface area contributed by atoms with Gasteiger partial charge in [0.05, 0.1) is 0 Å². The Balaban J connectivity index is 1.47. The van der Waals surface area contributed by atoms with E-state index in [0.29, 0.717) is 11.5 Å². The van der Waals surface area contributed by atoms with Crippen molar-refractivity contribution in [1.82, 2.24) is 0 Å². The average molecular weight is 364 g/mol. The van der Waals surface area contributed by atoms with Crippen molar-refractivity contribution in [3.63, 3.8) is 0 Å². The summed E-state index contributed by atoms with van der Waals surface area (Å²) in [6.45, 7) is 2.27. The summed E-state index contributed by atoms with van der Waals surface area (Å²) in [7, 11) is 0. The summed E-state index contributed by atoms with van der Waals surface area (Å²) >= 11 is 0. The van der Waals surface area contributed by atoms with Crippen molar-refractivity contribution in [3.05, 3.63) is 47.3 Å². The van der Waals surface area contributed by atoms with Gasteiger partial charge in [0.2, 0.25) is 0 Å². The molecule has 0 atom stereocenters. The minimum atomic E-state index is -1.36. The highest BCUT2D eigenvalue weighted by Crippen LogP contribution is 2.38. The van der Waals surface area contributed by atoms with E-state index >= 15 is 0 Å². The van der Waals surface area contributed by atoms with Crippen LogP contribution in [0.3, 0.4) is 0 Å². The molecule has 26 heavy (non-hydrogen) atoms. The van der Waals surface area contributed by atoms with Crippen LogP contribution in [0.2, 0.25) is 0 Å². The van der Waals surface area contributed by atoms with Gasteiger partial charge in [0.25, 0.3) is 0 Å². The fourth-order valence-corrected chi connectivity index (χ4v) is 4.85. The summed E-state index contributed by atoms with van der Waals surface area (Å²) in [4.78, 5) is 0. The molecule has 0 heterocycles. The molecule has 2 saturated carbocycles. The molecule has 0 nitrogen and oxygen atoms in total. The summed E-state index contributed by atoms with van der Waals surface area (Å²) in [5.74, 6) is -1.10. The molecular formula is C23H31F3. The zero-order valence-corrected chi connectivity index (χ0v) is 15.8. The second kappa shape index (κ2) is 9.10. The lowest BCUT2D eigenvalue weighted by atomic mass is 9.77. The van der Waals surface area contributed by atoms with Gasteiger partial charge in [-0.05, 0) is 92.7 Å². The van der Waals surface area contributed by atoms with Gasteiger partial charge in [-0.15, -0.1) is 0 Å². The maximum absolute atomic E-state index is 13.4. The van der Waals surface area contributed by atoms with Crippen LogP contribution < -0.4 is 0 Å². The summed E-state index contributed by atoms with van der Waals surface area (Å²) in [6.07, 6.45) is 16.8. The molecule has 144 valence electrons. The molecule has 0 bridgehead atoms. The predicted octanol–water partition coefficient (Wildman–Crippen LogP) is 7.54. The second-order valence-corrected chi connectivity index (χ2v) is 8.36. The van der Waals surface area contributed by atoms with E-state index in [2.05, 4.69) is 19.1 Å². The molecule has 0 aliphatic heterocycles. The normalized spacial score (nSPS) is 30.0. The van der Waals surface area contributed by atoms with Crippen LogP contribution in [0.1, 0.15) is 82.6 Å². The fraction of sp³-hybridized carbons (Fsp3) is 0.652. The fourth-order valence-electron chi connectivity index (χ4n) is 4.85. The van der Waals surface area contributed by atoms with Crippen LogP contribution in [0, 0.1) is 35.2 Å². The molecule has 0 N–H and O–H groups in total. The average Bonchev–Trinajstić information content (AvgIpc) is 2.66. The lowest BCUT2D eigenvalue weighted by Gasteiger charge is -2.29. The van der Waals surface area contributed by atoms with Gasteiger partial charge >= 0.3 is 0 Å². The van der Waals surface area contributed by atoms with Gasteiger partial charge in [-0.25, -0.2) is 13.2 Å². The topological polar surface area (TPSA) is 0 Å². The number of benzene rings is 1. The molecular weight excluding hydrogens is 333 g/mol. The first-order valence-corrected chi connectivity index (χ1v) is 10.4. The molecule has 0 spiro atoms. The zero-order valence-electron chi connectivity index (χ0n) is 15.8. The van der Waals surface area contributed by atoms with Gasteiger partial charge in [0.1, 0.15) is 0 Å². The maximum atomic E-state index is 13.4. The third-order valence-corrected chi connectivity index (χ3v) is 6.49. The quantitative estimate of drug-likeness (QED) is 0.374.